The quantitative estimate of drug-likeness (QED) is 0.794. The molecular weight excluding hydrogens is 310 g/mol. The fraction of sp³-hybridized carbons (Fsp3) is 0.611. The summed E-state index contributed by atoms with van der Waals surface area (Å²) in [5.41, 5.74) is 0.943. The van der Waals surface area contributed by atoms with Crippen molar-refractivity contribution in [2.75, 3.05) is 32.8 Å². The van der Waals surface area contributed by atoms with Crippen molar-refractivity contribution in [2.24, 2.45) is 0 Å². The summed E-state index contributed by atoms with van der Waals surface area (Å²) < 4.78 is 5.61. The second kappa shape index (κ2) is 8.54. The third-order valence-electron chi connectivity index (χ3n) is 4.40. The molecule has 1 saturated heterocycles. The van der Waals surface area contributed by atoms with Gasteiger partial charge in [0.2, 0.25) is 0 Å². The van der Waals surface area contributed by atoms with E-state index in [1.807, 2.05) is 18.2 Å². The minimum absolute atomic E-state index is 0.262. The van der Waals surface area contributed by atoms with E-state index < -0.39 is 0 Å². The molecule has 2 unspecified atom stereocenters. The lowest BCUT2D eigenvalue weighted by Gasteiger charge is -2.41. The van der Waals surface area contributed by atoms with E-state index in [-0.39, 0.29) is 6.04 Å². The van der Waals surface area contributed by atoms with Crippen molar-refractivity contribution < 1.29 is 4.74 Å². The zero-order valence-electron chi connectivity index (χ0n) is 14.3. The summed E-state index contributed by atoms with van der Waals surface area (Å²) in [4.78, 5) is 4.69. The minimum Gasteiger partial charge on any atom is -0.492 e. The molecule has 0 spiro atoms. The standard InChI is InChI=1S/C18H26ClN3O/c1-4-10-23-18-7-6-15(11-16(18)19)17(12-20)22-9-8-21(5-2)13-14(22)3/h6-7,11,14,17H,4-5,8-10,13H2,1-3H3. The molecular formula is C18H26ClN3O. The number of likely N-dealkylation sites (N-methyl/N-ethyl adjacent to an activating group) is 1. The summed E-state index contributed by atoms with van der Waals surface area (Å²) in [5, 5.41) is 10.3. The highest BCUT2D eigenvalue weighted by Gasteiger charge is 2.30. The van der Waals surface area contributed by atoms with Crippen LogP contribution in [0.4, 0.5) is 0 Å². The van der Waals surface area contributed by atoms with Crippen LogP contribution in [0.1, 0.15) is 38.8 Å². The normalized spacial score (nSPS) is 20.9. The van der Waals surface area contributed by atoms with Crippen molar-refractivity contribution in [3.8, 4) is 11.8 Å². The molecule has 126 valence electrons. The van der Waals surface area contributed by atoms with E-state index in [0.29, 0.717) is 23.4 Å². The molecule has 0 aromatic heterocycles. The maximum Gasteiger partial charge on any atom is 0.137 e. The van der Waals surface area contributed by atoms with Crippen molar-refractivity contribution in [1.29, 1.82) is 5.26 Å². The van der Waals surface area contributed by atoms with E-state index in [2.05, 4.69) is 36.6 Å². The van der Waals surface area contributed by atoms with Gasteiger partial charge in [0, 0.05) is 25.7 Å². The molecule has 1 fully saturated rings. The molecule has 1 heterocycles. The number of hydrogen-bond acceptors (Lipinski definition) is 4. The van der Waals surface area contributed by atoms with Gasteiger partial charge >= 0.3 is 0 Å². The van der Waals surface area contributed by atoms with Gasteiger partial charge in [0.05, 0.1) is 17.7 Å². The van der Waals surface area contributed by atoms with Crippen molar-refractivity contribution in [1.82, 2.24) is 9.80 Å². The van der Waals surface area contributed by atoms with Crippen LogP contribution in [0.2, 0.25) is 5.02 Å². The largest absolute Gasteiger partial charge is 0.492 e. The van der Waals surface area contributed by atoms with Gasteiger partial charge in [0.25, 0.3) is 0 Å². The van der Waals surface area contributed by atoms with Crippen LogP contribution in [0.25, 0.3) is 0 Å². The van der Waals surface area contributed by atoms with Crippen molar-refractivity contribution in [3.05, 3.63) is 28.8 Å². The van der Waals surface area contributed by atoms with Crippen LogP contribution in [-0.2, 0) is 0 Å². The number of nitrogens with zero attached hydrogens (tertiary/aromatic N) is 3. The van der Waals surface area contributed by atoms with Gasteiger partial charge in [-0.05, 0) is 37.6 Å². The van der Waals surface area contributed by atoms with Crippen molar-refractivity contribution >= 4 is 11.6 Å². The van der Waals surface area contributed by atoms with Crippen LogP contribution in [0, 0.1) is 11.3 Å². The summed E-state index contributed by atoms with van der Waals surface area (Å²) in [6.07, 6.45) is 0.943. The second-order valence-electron chi connectivity index (χ2n) is 6.05. The zero-order chi connectivity index (χ0) is 16.8. The highest BCUT2D eigenvalue weighted by atomic mass is 35.5. The molecule has 0 radical (unpaired) electrons. The first-order valence-corrected chi connectivity index (χ1v) is 8.78. The summed E-state index contributed by atoms with van der Waals surface area (Å²) in [5.74, 6) is 0.692. The Labute approximate surface area is 144 Å². The average molecular weight is 336 g/mol. The summed E-state index contributed by atoms with van der Waals surface area (Å²) >= 11 is 6.33. The van der Waals surface area contributed by atoms with Gasteiger partial charge in [-0.15, -0.1) is 0 Å². The van der Waals surface area contributed by atoms with Crippen molar-refractivity contribution in [2.45, 2.75) is 39.3 Å². The Balaban J connectivity index is 2.15. The van der Waals surface area contributed by atoms with Gasteiger partial charge in [0.1, 0.15) is 11.8 Å². The van der Waals surface area contributed by atoms with E-state index >= 15 is 0 Å². The van der Waals surface area contributed by atoms with E-state index in [1.54, 1.807) is 0 Å². The summed E-state index contributed by atoms with van der Waals surface area (Å²) in [6, 6.07) is 8.25. The zero-order valence-corrected chi connectivity index (χ0v) is 15.0. The van der Waals surface area contributed by atoms with E-state index in [1.165, 1.54) is 0 Å². The number of piperazine rings is 1. The SMILES string of the molecule is CCCOc1ccc(C(C#N)N2CCN(CC)CC2C)cc1Cl. The number of rotatable bonds is 6. The first-order valence-electron chi connectivity index (χ1n) is 8.40. The highest BCUT2D eigenvalue weighted by molar-refractivity contribution is 6.32. The fourth-order valence-corrected chi connectivity index (χ4v) is 3.32. The van der Waals surface area contributed by atoms with Crippen LogP contribution in [0.3, 0.4) is 0 Å². The van der Waals surface area contributed by atoms with Crippen molar-refractivity contribution in [3.63, 3.8) is 0 Å². The Morgan fingerprint density at radius 2 is 2.17 bits per heavy atom. The molecule has 1 aromatic rings. The third kappa shape index (κ3) is 4.38. The lowest BCUT2D eigenvalue weighted by Crippen LogP contribution is -2.52. The average Bonchev–Trinajstić information content (AvgIpc) is 2.56. The first-order chi connectivity index (χ1) is 11.1. The third-order valence-corrected chi connectivity index (χ3v) is 4.69. The Kier molecular flexibility index (Phi) is 6.71. The van der Waals surface area contributed by atoms with E-state index in [9.17, 15) is 5.26 Å². The van der Waals surface area contributed by atoms with E-state index in [4.69, 9.17) is 16.3 Å². The van der Waals surface area contributed by atoms with Gasteiger partial charge in [-0.1, -0.05) is 31.5 Å². The van der Waals surface area contributed by atoms with Gasteiger partial charge < -0.3 is 9.64 Å². The maximum absolute atomic E-state index is 9.69. The van der Waals surface area contributed by atoms with Crippen LogP contribution in [0.5, 0.6) is 5.75 Å². The molecule has 2 rings (SSSR count). The molecule has 0 bridgehead atoms. The second-order valence-corrected chi connectivity index (χ2v) is 6.46. The number of nitriles is 1. The molecule has 5 heteroatoms. The molecule has 1 aliphatic heterocycles. The fourth-order valence-electron chi connectivity index (χ4n) is 3.07. The molecule has 0 amide bonds. The summed E-state index contributed by atoms with van der Waals surface area (Å²) in [6.45, 7) is 11.0. The van der Waals surface area contributed by atoms with Gasteiger partial charge in [-0.3, -0.25) is 4.90 Å². The number of hydrogen-bond donors (Lipinski definition) is 0. The van der Waals surface area contributed by atoms with E-state index in [0.717, 1.165) is 38.2 Å². The highest BCUT2D eigenvalue weighted by Crippen LogP contribution is 2.31. The smallest absolute Gasteiger partial charge is 0.137 e. The molecule has 2 atom stereocenters. The van der Waals surface area contributed by atoms with Gasteiger partial charge in [-0.25, -0.2) is 0 Å². The van der Waals surface area contributed by atoms with Crippen LogP contribution in [0.15, 0.2) is 18.2 Å². The molecule has 1 aliphatic rings. The van der Waals surface area contributed by atoms with Gasteiger partial charge in [-0.2, -0.15) is 5.26 Å². The Morgan fingerprint density at radius 3 is 2.74 bits per heavy atom. The lowest BCUT2D eigenvalue weighted by molar-refractivity contribution is 0.0683. The number of ether oxygens (including phenoxy) is 1. The Morgan fingerprint density at radius 1 is 1.39 bits per heavy atom. The van der Waals surface area contributed by atoms with Gasteiger partial charge in [0.15, 0.2) is 0 Å². The predicted molar refractivity (Wildman–Crippen MR) is 93.9 cm³/mol. The maximum atomic E-state index is 9.69. The topological polar surface area (TPSA) is 39.5 Å². The first kappa shape index (κ1) is 18.1. The molecule has 1 aromatic carbocycles. The molecule has 4 nitrogen and oxygen atoms in total. The minimum atomic E-state index is -0.262. The number of benzene rings is 1. The van der Waals surface area contributed by atoms with Crippen LogP contribution < -0.4 is 4.74 Å². The summed E-state index contributed by atoms with van der Waals surface area (Å²) in [7, 11) is 0. The molecule has 23 heavy (non-hydrogen) atoms. The Bertz CT molecular complexity index is 558. The molecule has 0 aliphatic carbocycles. The number of halogens is 1. The molecule has 0 N–H and O–H groups in total. The molecule has 0 saturated carbocycles. The predicted octanol–water partition coefficient (Wildman–Crippen LogP) is 3.72. The lowest BCUT2D eigenvalue weighted by atomic mass is 10.0. The monoisotopic (exact) mass is 335 g/mol. The Hall–Kier alpha value is -1.28. The van der Waals surface area contributed by atoms with Crippen LogP contribution in [-0.4, -0.2) is 48.6 Å². The van der Waals surface area contributed by atoms with Crippen LogP contribution >= 0.6 is 11.6 Å².